The molecule has 0 saturated carbocycles. The predicted octanol–water partition coefficient (Wildman–Crippen LogP) is 2.21. The smallest absolute Gasteiger partial charge is 0.254 e. The zero-order chi connectivity index (χ0) is 17.4. The number of hydrogen-bond donors (Lipinski definition) is 0. The predicted molar refractivity (Wildman–Crippen MR) is 95.6 cm³/mol. The maximum Gasteiger partial charge on any atom is 0.254 e. The molecule has 1 atom stereocenters. The fourth-order valence-electron chi connectivity index (χ4n) is 3.63. The van der Waals surface area contributed by atoms with Crippen molar-refractivity contribution in [3.8, 4) is 0 Å². The monoisotopic (exact) mass is 336 g/mol. The Morgan fingerprint density at radius 1 is 1.28 bits per heavy atom. The fraction of sp³-hybridized carbons (Fsp3) is 0.316. The zero-order valence-electron chi connectivity index (χ0n) is 14.1. The molecule has 128 valence electrons. The molecule has 1 saturated heterocycles. The third kappa shape index (κ3) is 2.73. The van der Waals surface area contributed by atoms with Gasteiger partial charge in [0.1, 0.15) is 0 Å². The molecule has 0 spiro atoms. The number of pyridine rings is 1. The molecule has 1 amide bonds. The van der Waals surface area contributed by atoms with E-state index in [2.05, 4.69) is 9.55 Å². The number of aryl methyl sites for hydroxylation is 1. The Hall–Kier alpha value is -2.89. The molecule has 4 rings (SSSR count). The van der Waals surface area contributed by atoms with Crippen LogP contribution in [0.1, 0.15) is 29.2 Å². The van der Waals surface area contributed by atoms with Crippen LogP contribution in [0.4, 0.5) is 0 Å². The van der Waals surface area contributed by atoms with E-state index in [1.807, 2.05) is 35.4 Å². The average Bonchev–Trinajstić information content (AvgIpc) is 3.19. The van der Waals surface area contributed by atoms with Crippen LogP contribution in [0.5, 0.6) is 0 Å². The van der Waals surface area contributed by atoms with Gasteiger partial charge in [-0.15, -0.1) is 0 Å². The average molecular weight is 336 g/mol. The molecule has 3 aromatic rings. The number of amides is 1. The first-order chi connectivity index (χ1) is 12.1. The van der Waals surface area contributed by atoms with E-state index in [4.69, 9.17) is 0 Å². The minimum absolute atomic E-state index is 0.0706. The summed E-state index contributed by atoms with van der Waals surface area (Å²) in [7, 11) is 1.73. The number of imidazole rings is 1. The second-order valence-electron chi connectivity index (χ2n) is 6.53. The number of para-hydroxylation sites is 1. The van der Waals surface area contributed by atoms with Gasteiger partial charge in [0.05, 0.1) is 23.4 Å². The van der Waals surface area contributed by atoms with Gasteiger partial charge in [0, 0.05) is 44.0 Å². The van der Waals surface area contributed by atoms with E-state index in [1.54, 1.807) is 24.1 Å². The molecule has 6 nitrogen and oxygen atoms in total. The minimum Gasteiger partial charge on any atom is -0.337 e. The van der Waals surface area contributed by atoms with Gasteiger partial charge >= 0.3 is 0 Å². The van der Waals surface area contributed by atoms with Gasteiger partial charge in [-0.25, -0.2) is 4.98 Å². The Morgan fingerprint density at radius 2 is 2.12 bits per heavy atom. The number of carbonyl (C=O) groups is 1. The molecule has 0 radical (unpaired) electrons. The molecular formula is C19H20N4O2. The van der Waals surface area contributed by atoms with Gasteiger partial charge in [-0.2, -0.15) is 0 Å². The maximum atomic E-state index is 13.1. The Labute approximate surface area is 145 Å². The summed E-state index contributed by atoms with van der Waals surface area (Å²) < 4.78 is 3.64. The normalized spacial score (nSPS) is 17.8. The van der Waals surface area contributed by atoms with Gasteiger partial charge in [-0.3, -0.25) is 9.59 Å². The number of carbonyl (C=O) groups excluding carboxylic acids is 1. The lowest BCUT2D eigenvalue weighted by Gasteiger charge is -2.33. The minimum atomic E-state index is -0.162. The molecule has 25 heavy (non-hydrogen) atoms. The summed E-state index contributed by atoms with van der Waals surface area (Å²) in [5, 5.41) is 0.819. The second-order valence-corrected chi connectivity index (χ2v) is 6.53. The van der Waals surface area contributed by atoms with E-state index in [1.165, 1.54) is 6.07 Å². The maximum absolute atomic E-state index is 13.1. The van der Waals surface area contributed by atoms with E-state index in [0.717, 1.165) is 23.7 Å². The molecule has 2 aromatic heterocycles. The van der Waals surface area contributed by atoms with Gasteiger partial charge in [0.15, 0.2) is 0 Å². The van der Waals surface area contributed by atoms with Crippen LogP contribution in [0.15, 0.2) is 53.8 Å². The highest BCUT2D eigenvalue weighted by Gasteiger charge is 2.26. The highest BCUT2D eigenvalue weighted by atomic mass is 16.2. The van der Waals surface area contributed by atoms with E-state index in [-0.39, 0.29) is 17.5 Å². The Balaban J connectivity index is 1.70. The molecule has 1 aliphatic heterocycles. The summed E-state index contributed by atoms with van der Waals surface area (Å²) in [5.41, 5.74) is 1.11. The third-order valence-electron chi connectivity index (χ3n) is 5.01. The van der Waals surface area contributed by atoms with Gasteiger partial charge in [0.2, 0.25) is 0 Å². The summed E-state index contributed by atoms with van der Waals surface area (Å²) in [5.74, 6) is -0.0706. The van der Waals surface area contributed by atoms with E-state index >= 15 is 0 Å². The Morgan fingerprint density at radius 3 is 2.92 bits per heavy atom. The van der Waals surface area contributed by atoms with E-state index in [0.29, 0.717) is 18.7 Å². The van der Waals surface area contributed by atoms with E-state index < -0.39 is 0 Å². The summed E-state index contributed by atoms with van der Waals surface area (Å²) in [6.45, 7) is 1.35. The first-order valence-electron chi connectivity index (χ1n) is 8.50. The topological polar surface area (TPSA) is 60.1 Å². The summed E-state index contributed by atoms with van der Waals surface area (Å²) >= 11 is 0. The van der Waals surface area contributed by atoms with Crippen molar-refractivity contribution >= 4 is 16.8 Å². The van der Waals surface area contributed by atoms with Crippen molar-refractivity contribution < 1.29 is 4.79 Å². The number of fused-ring (bicyclic) bond motifs is 1. The van der Waals surface area contributed by atoms with Crippen LogP contribution in [-0.4, -0.2) is 38.0 Å². The number of nitrogens with zero attached hydrogens (tertiary/aromatic N) is 4. The van der Waals surface area contributed by atoms with Crippen molar-refractivity contribution in [2.45, 2.75) is 18.9 Å². The van der Waals surface area contributed by atoms with Crippen molar-refractivity contribution in [1.82, 2.24) is 19.0 Å². The largest absolute Gasteiger partial charge is 0.337 e. The van der Waals surface area contributed by atoms with E-state index in [9.17, 15) is 9.59 Å². The number of piperidine rings is 1. The molecule has 1 fully saturated rings. The third-order valence-corrected chi connectivity index (χ3v) is 5.01. The van der Waals surface area contributed by atoms with Crippen LogP contribution < -0.4 is 5.56 Å². The summed E-state index contributed by atoms with van der Waals surface area (Å²) in [6.07, 6.45) is 7.46. The highest BCUT2D eigenvalue weighted by Crippen LogP contribution is 2.24. The second kappa shape index (κ2) is 6.20. The molecule has 0 N–H and O–H groups in total. The lowest BCUT2D eigenvalue weighted by Crippen LogP contribution is -2.41. The van der Waals surface area contributed by atoms with Gasteiger partial charge in [-0.05, 0) is 18.9 Å². The lowest BCUT2D eigenvalue weighted by atomic mass is 10.0. The molecule has 3 heterocycles. The van der Waals surface area contributed by atoms with Crippen LogP contribution in [0, 0.1) is 0 Å². The zero-order valence-corrected chi connectivity index (χ0v) is 14.1. The van der Waals surface area contributed by atoms with Crippen molar-refractivity contribution in [1.29, 1.82) is 0 Å². The van der Waals surface area contributed by atoms with Crippen molar-refractivity contribution in [2.24, 2.45) is 7.05 Å². The summed E-state index contributed by atoms with van der Waals surface area (Å²) in [4.78, 5) is 31.4. The van der Waals surface area contributed by atoms with Gasteiger partial charge in [0.25, 0.3) is 11.5 Å². The molecule has 1 unspecified atom stereocenters. The van der Waals surface area contributed by atoms with Gasteiger partial charge in [-0.1, -0.05) is 18.2 Å². The number of rotatable bonds is 2. The summed E-state index contributed by atoms with van der Waals surface area (Å²) in [6, 6.07) is 9.25. The quantitative estimate of drug-likeness (QED) is 0.721. The van der Waals surface area contributed by atoms with Crippen LogP contribution >= 0.6 is 0 Å². The molecule has 0 aliphatic carbocycles. The first-order valence-corrected chi connectivity index (χ1v) is 8.50. The fourth-order valence-corrected chi connectivity index (χ4v) is 3.63. The van der Waals surface area contributed by atoms with Crippen LogP contribution in [0.25, 0.3) is 10.9 Å². The molecule has 6 heteroatoms. The number of likely N-dealkylation sites (tertiary alicyclic amines) is 1. The molecule has 1 aromatic carbocycles. The lowest BCUT2D eigenvalue weighted by molar-refractivity contribution is 0.0681. The number of hydrogen-bond acceptors (Lipinski definition) is 3. The SMILES string of the molecule is Cn1c(=O)cc(C(=O)N2CCCC(n3ccnc3)C2)c2ccccc21. The molecule has 1 aliphatic rings. The van der Waals surface area contributed by atoms with Gasteiger partial charge < -0.3 is 14.0 Å². The van der Waals surface area contributed by atoms with Crippen molar-refractivity contribution in [3.05, 3.63) is 65.0 Å². The molecular weight excluding hydrogens is 316 g/mol. The van der Waals surface area contributed by atoms with Crippen molar-refractivity contribution in [3.63, 3.8) is 0 Å². The molecule has 0 bridgehead atoms. The standard InChI is InChI=1S/C19H20N4O2/c1-21-17-7-3-2-6-15(17)16(11-18(21)24)19(25)22-9-4-5-14(12-22)23-10-8-20-13-23/h2-3,6-8,10-11,13-14H,4-5,9,12H2,1H3. The van der Waals surface area contributed by atoms with Crippen LogP contribution in [-0.2, 0) is 7.05 Å². The Bertz CT molecular complexity index is 975. The van der Waals surface area contributed by atoms with Crippen LogP contribution in [0.2, 0.25) is 0 Å². The van der Waals surface area contributed by atoms with Crippen LogP contribution in [0.3, 0.4) is 0 Å². The number of aromatic nitrogens is 3. The Kier molecular flexibility index (Phi) is 3.87. The highest BCUT2D eigenvalue weighted by molar-refractivity contribution is 6.06. The number of benzene rings is 1. The van der Waals surface area contributed by atoms with Crippen molar-refractivity contribution in [2.75, 3.05) is 13.1 Å². The first kappa shape index (κ1) is 15.6.